The number of nitrogens with zero attached hydrogens (tertiary/aromatic N) is 2. The molecule has 96 valence electrons. The molecule has 2 aromatic rings. The van der Waals surface area contributed by atoms with Crippen LogP contribution in [0.3, 0.4) is 0 Å². The summed E-state index contributed by atoms with van der Waals surface area (Å²) in [5.74, 6) is 0.910. The molecule has 0 saturated carbocycles. The number of piperazine rings is 1. The third kappa shape index (κ3) is 2.51. The molecule has 0 unspecified atom stereocenters. The lowest BCUT2D eigenvalue weighted by atomic mass is 10.2. The summed E-state index contributed by atoms with van der Waals surface area (Å²) in [6.07, 6.45) is 0. The Bertz CT molecular complexity index is 534. The molecular formula is C13H16ClN3O. The van der Waals surface area contributed by atoms with Gasteiger partial charge in [-0.05, 0) is 17.7 Å². The molecule has 1 fully saturated rings. The Morgan fingerprint density at radius 2 is 2.17 bits per heavy atom. The van der Waals surface area contributed by atoms with Crippen LogP contribution in [0.2, 0.25) is 0 Å². The number of benzene rings is 1. The summed E-state index contributed by atoms with van der Waals surface area (Å²) >= 11 is 5.72. The summed E-state index contributed by atoms with van der Waals surface area (Å²) in [5, 5.41) is 3.36. The number of rotatable bonds is 3. The van der Waals surface area contributed by atoms with E-state index in [1.54, 1.807) is 0 Å². The zero-order valence-corrected chi connectivity index (χ0v) is 10.9. The minimum absolute atomic E-state index is 0.321. The average Bonchev–Trinajstić information content (AvgIpc) is 2.82. The number of hydrogen-bond donors (Lipinski definition) is 1. The van der Waals surface area contributed by atoms with Gasteiger partial charge < -0.3 is 9.73 Å². The first-order chi connectivity index (χ1) is 8.85. The second-order valence-corrected chi connectivity index (χ2v) is 4.84. The van der Waals surface area contributed by atoms with Crippen LogP contribution in [0.5, 0.6) is 0 Å². The molecule has 4 nitrogen and oxygen atoms in total. The van der Waals surface area contributed by atoms with Crippen molar-refractivity contribution >= 4 is 22.7 Å². The highest BCUT2D eigenvalue weighted by Crippen LogP contribution is 2.19. The van der Waals surface area contributed by atoms with Crippen molar-refractivity contribution in [1.82, 2.24) is 15.2 Å². The number of oxazole rings is 1. The lowest BCUT2D eigenvalue weighted by Crippen LogP contribution is -2.42. The summed E-state index contributed by atoms with van der Waals surface area (Å²) in [5.41, 5.74) is 2.99. The third-order valence-electron chi connectivity index (χ3n) is 3.23. The van der Waals surface area contributed by atoms with Crippen LogP contribution < -0.4 is 5.32 Å². The number of aromatic nitrogens is 1. The predicted octanol–water partition coefficient (Wildman–Crippen LogP) is 1.97. The molecule has 1 aromatic carbocycles. The molecule has 0 atom stereocenters. The Morgan fingerprint density at radius 3 is 2.94 bits per heavy atom. The van der Waals surface area contributed by atoms with Gasteiger partial charge >= 0.3 is 0 Å². The second kappa shape index (κ2) is 5.26. The number of fused-ring (bicyclic) bond motifs is 1. The fraction of sp³-hybridized carbons (Fsp3) is 0.462. The molecule has 1 aliphatic rings. The molecule has 0 radical (unpaired) electrons. The van der Waals surface area contributed by atoms with Crippen LogP contribution in [0.15, 0.2) is 22.6 Å². The van der Waals surface area contributed by atoms with Gasteiger partial charge in [0.2, 0.25) is 5.89 Å². The van der Waals surface area contributed by atoms with E-state index in [2.05, 4.69) is 27.3 Å². The van der Waals surface area contributed by atoms with E-state index >= 15 is 0 Å². The number of hydrogen-bond acceptors (Lipinski definition) is 4. The summed E-state index contributed by atoms with van der Waals surface area (Å²) in [6, 6.07) is 6.18. The van der Waals surface area contributed by atoms with Crippen LogP contribution in [-0.4, -0.2) is 36.1 Å². The van der Waals surface area contributed by atoms with Crippen molar-refractivity contribution in [2.45, 2.75) is 12.4 Å². The Balaban J connectivity index is 1.79. The fourth-order valence-electron chi connectivity index (χ4n) is 2.30. The summed E-state index contributed by atoms with van der Waals surface area (Å²) in [7, 11) is 0. The zero-order valence-electron chi connectivity index (χ0n) is 10.2. The standard InChI is InChI=1S/C13H16ClN3O/c14-8-13-16-11-7-10(1-2-12(11)18-13)9-17-5-3-15-4-6-17/h1-2,7,15H,3-6,8-9H2. The van der Waals surface area contributed by atoms with Gasteiger partial charge in [-0.15, -0.1) is 11.6 Å². The number of halogens is 1. The van der Waals surface area contributed by atoms with Crippen molar-refractivity contribution in [3.05, 3.63) is 29.7 Å². The van der Waals surface area contributed by atoms with Gasteiger partial charge in [0.1, 0.15) is 5.52 Å². The second-order valence-electron chi connectivity index (χ2n) is 4.57. The van der Waals surface area contributed by atoms with Crippen molar-refractivity contribution in [2.24, 2.45) is 0 Å². The van der Waals surface area contributed by atoms with Crippen LogP contribution in [0.25, 0.3) is 11.1 Å². The summed E-state index contributed by atoms with van der Waals surface area (Å²) in [4.78, 5) is 6.80. The molecule has 3 rings (SSSR count). The molecule has 0 spiro atoms. The molecule has 0 amide bonds. The van der Waals surface area contributed by atoms with Crippen molar-refractivity contribution in [1.29, 1.82) is 0 Å². The molecular weight excluding hydrogens is 250 g/mol. The molecule has 1 saturated heterocycles. The normalized spacial score (nSPS) is 17.4. The highest BCUT2D eigenvalue weighted by atomic mass is 35.5. The molecule has 0 aliphatic carbocycles. The molecule has 0 bridgehead atoms. The Labute approximate surface area is 111 Å². The molecule has 5 heteroatoms. The minimum Gasteiger partial charge on any atom is -0.439 e. The highest BCUT2D eigenvalue weighted by molar-refractivity contribution is 6.16. The zero-order chi connectivity index (χ0) is 12.4. The Hall–Kier alpha value is -1.10. The average molecular weight is 266 g/mol. The lowest BCUT2D eigenvalue weighted by molar-refractivity contribution is 0.233. The van der Waals surface area contributed by atoms with Crippen LogP contribution in [0, 0.1) is 0 Å². The molecule has 1 aliphatic heterocycles. The van der Waals surface area contributed by atoms with Gasteiger partial charge in [0.15, 0.2) is 5.58 Å². The third-order valence-corrected chi connectivity index (χ3v) is 3.46. The van der Waals surface area contributed by atoms with Crippen LogP contribution in [-0.2, 0) is 12.4 Å². The first kappa shape index (κ1) is 12.0. The molecule has 1 aromatic heterocycles. The van der Waals surface area contributed by atoms with Gasteiger partial charge in [-0.25, -0.2) is 4.98 Å². The van der Waals surface area contributed by atoms with E-state index in [1.165, 1.54) is 5.56 Å². The van der Waals surface area contributed by atoms with Crippen LogP contribution in [0.4, 0.5) is 0 Å². The van der Waals surface area contributed by atoms with Crippen molar-refractivity contribution in [3.63, 3.8) is 0 Å². The van der Waals surface area contributed by atoms with Gasteiger partial charge in [-0.1, -0.05) is 6.07 Å². The molecule has 18 heavy (non-hydrogen) atoms. The van der Waals surface area contributed by atoms with Gasteiger partial charge in [0, 0.05) is 32.7 Å². The van der Waals surface area contributed by atoms with Crippen LogP contribution in [0.1, 0.15) is 11.5 Å². The first-order valence-electron chi connectivity index (χ1n) is 6.22. The Morgan fingerprint density at radius 1 is 1.33 bits per heavy atom. The van der Waals surface area contributed by atoms with E-state index in [9.17, 15) is 0 Å². The summed E-state index contributed by atoms with van der Waals surface area (Å²) in [6.45, 7) is 5.32. The molecule has 1 N–H and O–H groups in total. The summed E-state index contributed by atoms with van der Waals surface area (Å²) < 4.78 is 5.50. The van der Waals surface area contributed by atoms with E-state index in [0.717, 1.165) is 43.8 Å². The number of nitrogens with one attached hydrogen (secondary N) is 1. The van der Waals surface area contributed by atoms with E-state index < -0.39 is 0 Å². The lowest BCUT2D eigenvalue weighted by Gasteiger charge is -2.27. The minimum atomic E-state index is 0.321. The fourth-order valence-corrected chi connectivity index (χ4v) is 2.42. The number of alkyl halides is 1. The van der Waals surface area contributed by atoms with Gasteiger partial charge in [0.05, 0.1) is 5.88 Å². The van der Waals surface area contributed by atoms with E-state index in [0.29, 0.717) is 11.8 Å². The highest BCUT2D eigenvalue weighted by Gasteiger charge is 2.11. The van der Waals surface area contributed by atoms with Crippen LogP contribution >= 0.6 is 11.6 Å². The molecule has 2 heterocycles. The van der Waals surface area contributed by atoms with Gasteiger partial charge in [-0.2, -0.15) is 0 Å². The first-order valence-corrected chi connectivity index (χ1v) is 6.76. The van der Waals surface area contributed by atoms with Crippen molar-refractivity contribution < 1.29 is 4.42 Å². The van der Waals surface area contributed by atoms with Gasteiger partial charge in [0.25, 0.3) is 0 Å². The van der Waals surface area contributed by atoms with E-state index in [1.807, 2.05) is 6.07 Å². The maximum atomic E-state index is 5.72. The Kier molecular flexibility index (Phi) is 3.50. The quantitative estimate of drug-likeness (QED) is 0.862. The smallest absolute Gasteiger partial charge is 0.210 e. The van der Waals surface area contributed by atoms with Crippen molar-refractivity contribution in [2.75, 3.05) is 26.2 Å². The monoisotopic (exact) mass is 265 g/mol. The maximum absolute atomic E-state index is 5.72. The maximum Gasteiger partial charge on any atom is 0.210 e. The largest absolute Gasteiger partial charge is 0.439 e. The van der Waals surface area contributed by atoms with Crippen molar-refractivity contribution in [3.8, 4) is 0 Å². The van der Waals surface area contributed by atoms with E-state index in [4.69, 9.17) is 16.0 Å². The topological polar surface area (TPSA) is 41.3 Å². The predicted molar refractivity (Wildman–Crippen MR) is 71.7 cm³/mol. The van der Waals surface area contributed by atoms with Gasteiger partial charge in [-0.3, -0.25) is 4.90 Å². The van der Waals surface area contributed by atoms with E-state index in [-0.39, 0.29) is 0 Å². The SMILES string of the molecule is ClCc1nc2cc(CN3CCNCC3)ccc2o1.